The minimum absolute atomic E-state index is 0.0506. The molecule has 25 heavy (non-hydrogen) atoms. The molecule has 2 saturated heterocycles. The van der Waals surface area contributed by atoms with E-state index in [-0.39, 0.29) is 10.9 Å². The number of sulfonamides is 1. The molecule has 138 valence electrons. The Balaban J connectivity index is 1.60. The van der Waals surface area contributed by atoms with Crippen LogP contribution < -0.4 is 5.32 Å². The third-order valence-corrected chi connectivity index (χ3v) is 7.23. The molecule has 1 atom stereocenters. The summed E-state index contributed by atoms with van der Waals surface area (Å²) in [5.41, 5.74) is 0. The molecule has 0 radical (unpaired) electrons. The van der Waals surface area contributed by atoms with E-state index in [1.807, 2.05) is 0 Å². The lowest BCUT2D eigenvalue weighted by molar-refractivity contribution is 0.153. The van der Waals surface area contributed by atoms with E-state index in [9.17, 15) is 17.6 Å². The van der Waals surface area contributed by atoms with Gasteiger partial charge in [-0.25, -0.2) is 17.6 Å². The van der Waals surface area contributed by atoms with Gasteiger partial charge in [-0.3, -0.25) is 0 Å². The van der Waals surface area contributed by atoms with Crippen LogP contribution in [0.3, 0.4) is 0 Å². The van der Waals surface area contributed by atoms with Gasteiger partial charge in [0.25, 0.3) is 0 Å². The number of piperidine rings is 1. The third-order valence-electron chi connectivity index (χ3n) is 5.35. The second kappa shape index (κ2) is 7.29. The van der Waals surface area contributed by atoms with Crippen LogP contribution in [0.1, 0.15) is 19.3 Å². The van der Waals surface area contributed by atoms with E-state index in [1.165, 1.54) is 28.6 Å². The summed E-state index contributed by atoms with van der Waals surface area (Å²) in [6.45, 7) is 2.43. The van der Waals surface area contributed by atoms with Gasteiger partial charge >= 0.3 is 6.03 Å². The molecule has 0 saturated carbocycles. The molecule has 0 spiro atoms. The monoisotopic (exact) mass is 369 g/mol. The van der Waals surface area contributed by atoms with Gasteiger partial charge in [0.15, 0.2) is 0 Å². The number of rotatable bonds is 3. The van der Waals surface area contributed by atoms with Crippen molar-refractivity contribution < 1.29 is 17.6 Å². The summed E-state index contributed by atoms with van der Waals surface area (Å²) >= 11 is 0. The lowest BCUT2D eigenvalue weighted by Gasteiger charge is -2.34. The normalized spacial score (nSPS) is 23.0. The van der Waals surface area contributed by atoms with Crippen molar-refractivity contribution in [3.63, 3.8) is 0 Å². The lowest BCUT2D eigenvalue weighted by Crippen LogP contribution is -2.44. The van der Waals surface area contributed by atoms with Crippen molar-refractivity contribution in [3.05, 3.63) is 30.1 Å². The number of urea groups is 1. The molecule has 6 nitrogen and oxygen atoms in total. The Hall–Kier alpha value is -1.67. The molecular formula is C17H24FN3O3S. The maximum Gasteiger partial charge on any atom is 0.317 e. The number of benzene rings is 1. The minimum atomic E-state index is -3.56. The summed E-state index contributed by atoms with van der Waals surface area (Å²) in [6.07, 6.45) is 2.65. The van der Waals surface area contributed by atoms with Gasteiger partial charge in [-0.1, -0.05) is 0 Å². The van der Waals surface area contributed by atoms with Crippen LogP contribution in [0.2, 0.25) is 0 Å². The summed E-state index contributed by atoms with van der Waals surface area (Å²) < 4.78 is 39.9. The van der Waals surface area contributed by atoms with Gasteiger partial charge in [-0.05, 0) is 55.4 Å². The zero-order valence-corrected chi connectivity index (χ0v) is 15.1. The Labute approximate surface area is 148 Å². The fourth-order valence-corrected chi connectivity index (χ4v) is 5.36. The average molecular weight is 369 g/mol. The molecule has 0 aromatic heterocycles. The Kier molecular flexibility index (Phi) is 5.29. The molecule has 2 fully saturated rings. The number of carbonyl (C=O) groups is 1. The van der Waals surface area contributed by atoms with Gasteiger partial charge in [0.05, 0.1) is 4.90 Å². The number of likely N-dealkylation sites (tertiary alicyclic amines) is 1. The first-order valence-corrected chi connectivity index (χ1v) is 10.1. The molecule has 1 N–H and O–H groups in total. The summed E-state index contributed by atoms with van der Waals surface area (Å²) in [5, 5.41) is 2.64. The van der Waals surface area contributed by atoms with Crippen molar-refractivity contribution in [2.24, 2.45) is 11.8 Å². The SMILES string of the molecule is CNC(=O)N1CCC(C2CCN(S(=O)(=O)c3ccc(F)cc3)C2)CC1. The highest BCUT2D eigenvalue weighted by atomic mass is 32.2. The molecule has 2 heterocycles. The van der Waals surface area contributed by atoms with Crippen molar-refractivity contribution in [1.82, 2.24) is 14.5 Å². The third kappa shape index (κ3) is 3.79. The highest BCUT2D eigenvalue weighted by molar-refractivity contribution is 7.89. The van der Waals surface area contributed by atoms with Crippen LogP contribution in [0.25, 0.3) is 0 Å². The Morgan fingerprint density at radius 2 is 1.68 bits per heavy atom. The molecule has 1 unspecified atom stereocenters. The highest BCUT2D eigenvalue weighted by Gasteiger charge is 2.37. The van der Waals surface area contributed by atoms with Crippen molar-refractivity contribution in [1.29, 1.82) is 0 Å². The van der Waals surface area contributed by atoms with Crippen molar-refractivity contribution in [2.75, 3.05) is 33.2 Å². The van der Waals surface area contributed by atoms with Crippen LogP contribution in [0, 0.1) is 17.7 Å². The number of hydrogen-bond donors (Lipinski definition) is 1. The number of nitrogens with zero attached hydrogens (tertiary/aromatic N) is 2. The number of hydrogen-bond acceptors (Lipinski definition) is 3. The van der Waals surface area contributed by atoms with Gasteiger partial charge in [0, 0.05) is 33.2 Å². The van der Waals surface area contributed by atoms with E-state index in [0.717, 1.165) is 19.3 Å². The molecule has 2 aliphatic heterocycles. The molecule has 1 aromatic carbocycles. The molecule has 2 amide bonds. The van der Waals surface area contributed by atoms with Crippen LogP contribution in [0.5, 0.6) is 0 Å². The second-order valence-electron chi connectivity index (χ2n) is 6.75. The van der Waals surface area contributed by atoms with Crippen LogP contribution in [-0.2, 0) is 10.0 Å². The average Bonchev–Trinajstić information content (AvgIpc) is 3.12. The van der Waals surface area contributed by atoms with Crippen LogP contribution in [-0.4, -0.2) is 56.9 Å². The maximum atomic E-state index is 13.0. The van der Waals surface area contributed by atoms with Crippen molar-refractivity contribution >= 4 is 16.1 Å². The second-order valence-corrected chi connectivity index (χ2v) is 8.68. The van der Waals surface area contributed by atoms with Crippen molar-refractivity contribution in [2.45, 2.75) is 24.2 Å². The Morgan fingerprint density at radius 3 is 2.28 bits per heavy atom. The highest BCUT2D eigenvalue weighted by Crippen LogP contribution is 2.34. The standard InChI is InChI=1S/C17H24FN3O3S/c1-19-17(22)20-9-6-13(7-10-20)14-8-11-21(12-14)25(23,24)16-4-2-15(18)3-5-16/h2-5,13-14H,6-12H2,1H3,(H,19,22). The van der Waals surface area contributed by atoms with Crippen molar-refractivity contribution in [3.8, 4) is 0 Å². The summed E-state index contributed by atoms with van der Waals surface area (Å²) in [7, 11) is -1.93. The van der Waals surface area contributed by atoms with E-state index in [0.29, 0.717) is 38.0 Å². The predicted molar refractivity (Wildman–Crippen MR) is 92.0 cm³/mol. The van der Waals surface area contributed by atoms with Gasteiger partial charge in [-0.2, -0.15) is 4.31 Å². The molecule has 0 aliphatic carbocycles. The topological polar surface area (TPSA) is 69.7 Å². The molecule has 1 aromatic rings. The summed E-state index contributed by atoms with van der Waals surface area (Å²) in [4.78, 5) is 13.6. The van der Waals surface area contributed by atoms with Gasteiger partial charge in [-0.15, -0.1) is 0 Å². The molecule has 8 heteroatoms. The van der Waals surface area contributed by atoms with E-state index < -0.39 is 15.8 Å². The quantitative estimate of drug-likeness (QED) is 0.885. The Bertz CT molecular complexity index is 715. The van der Waals surface area contributed by atoms with Crippen LogP contribution >= 0.6 is 0 Å². The number of amides is 2. The molecule has 2 aliphatic rings. The van der Waals surface area contributed by atoms with E-state index in [2.05, 4.69) is 5.32 Å². The van der Waals surface area contributed by atoms with E-state index in [4.69, 9.17) is 0 Å². The largest absolute Gasteiger partial charge is 0.341 e. The number of carbonyl (C=O) groups excluding carboxylic acids is 1. The first-order chi connectivity index (χ1) is 11.9. The summed E-state index contributed by atoms with van der Waals surface area (Å²) in [5.74, 6) is 0.317. The molecule has 0 bridgehead atoms. The maximum absolute atomic E-state index is 13.0. The first kappa shape index (κ1) is 18.1. The molecular weight excluding hydrogens is 345 g/mol. The smallest absolute Gasteiger partial charge is 0.317 e. The number of nitrogens with one attached hydrogen (secondary N) is 1. The lowest BCUT2D eigenvalue weighted by atomic mass is 9.84. The van der Waals surface area contributed by atoms with Crippen LogP contribution in [0.4, 0.5) is 9.18 Å². The van der Waals surface area contributed by atoms with Gasteiger partial charge in [0.1, 0.15) is 5.82 Å². The van der Waals surface area contributed by atoms with E-state index in [1.54, 1.807) is 11.9 Å². The number of halogens is 1. The first-order valence-electron chi connectivity index (χ1n) is 8.64. The fraction of sp³-hybridized carbons (Fsp3) is 0.588. The van der Waals surface area contributed by atoms with Gasteiger partial charge in [0.2, 0.25) is 10.0 Å². The fourth-order valence-electron chi connectivity index (χ4n) is 3.84. The zero-order valence-electron chi connectivity index (χ0n) is 14.3. The van der Waals surface area contributed by atoms with Gasteiger partial charge < -0.3 is 10.2 Å². The zero-order chi connectivity index (χ0) is 18.0. The summed E-state index contributed by atoms with van der Waals surface area (Å²) in [6, 6.07) is 4.94. The minimum Gasteiger partial charge on any atom is -0.341 e. The van der Waals surface area contributed by atoms with Crippen LogP contribution in [0.15, 0.2) is 29.2 Å². The molecule has 3 rings (SSSR count). The predicted octanol–water partition coefficient (Wildman–Crippen LogP) is 1.89. The van der Waals surface area contributed by atoms with E-state index >= 15 is 0 Å². The Morgan fingerprint density at radius 1 is 1.08 bits per heavy atom.